The summed E-state index contributed by atoms with van der Waals surface area (Å²) in [5.41, 5.74) is 0. The van der Waals surface area contributed by atoms with Crippen molar-refractivity contribution in [3.05, 3.63) is 0 Å². The highest BCUT2D eigenvalue weighted by molar-refractivity contribution is 7.89. The number of carboxylic acid groups (broad SMARTS) is 1. The average molecular weight is 253 g/mol. The number of nitrogens with two attached hydrogens (primary N) is 1. The SMILES string of the molecule is CC(NC(=O)NCCCS(N)(=O)=O)C(=O)O. The summed E-state index contributed by atoms with van der Waals surface area (Å²) in [7, 11) is -3.52. The lowest BCUT2D eigenvalue weighted by Gasteiger charge is -2.10. The van der Waals surface area contributed by atoms with Gasteiger partial charge >= 0.3 is 12.0 Å². The van der Waals surface area contributed by atoms with Gasteiger partial charge in [0.25, 0.3) is 0 Å². The first-order valence-electron chi connectivity index (χ1n) is 4.50. The molecule has 0 radical (unpaired) electrons. The number of carboxylic acids is 1. The van der Waals surface area contributed by atoms with Gasteiger partial charge in [0, 0.05) is 6.54 Å². The van der Waals surface area contributed by atoms with Crippen molar-refractivity contribution in [3.63, 3.8) is 0 Å². The second-order valence-corrected chi connectivity index (χ2v) is 4.91. The fourth-order valence-electron chi connectivity index (χ4n) is 0.785. The third-order valence-electron chi connectivity index (χ3n) is 1.61. The summed E-state index contributed by atoms with van der Waals surface area (Å²) in [6, 6.07) is -1.66. The first-order valence-corrected chi connectivity index (χ1v) is 6.21. The maximum atomic E-state index is 11.0. The molecule has 0 aliphatic heterocycles. The molecule has 1 atom stereocenters. The van der Waals surface area contributed by atoms with Crippen LogP contribution in [0.15, 0.2) is 0 Å². The molecule has 0 spiro atoms. The Kier molecular flexibility index (Phi) is 5.75. The van der Waals surface area contributed by atoms with E-state index in [2.05, 4.69) is 10.6 Å². The van der Waals surface area contributed by atoms with Gasteiger partial charge in [-0.3, -0.25) is 4.79 Å². The minimum Gasteiger partial charge on any atom is -0.480 e. The highest BCUT2D eigenvalue weighted by atomic mass is 32.2. The number of rotatable bonds is 6. The Bertz CT molecular complexity index is 353. The lowest BCUT2D eigenvalue weighted by molar-refractivity contribution is -0.138. The lowest BCUT2D eigenvalue weighted by atomic mass is 10.3. The summed E-state index contributed by atoms with van der Waals surface area (Å²) >= 11 is 0. The van der Waals surface area contributed by atoms with Crippen molar-refractivity contribution in [2.24, 2.45) is 5.14 Å². The van der Waals surface area contributed by atoms with Crippen molar-refractivity contribution in [1.82, 2.24) is 10.6 Å². The van der Waals surface area contributed by atoms with Gasteiger partial charge in [-0.2, -0.15) is 0 Å². The van der Waals surface area contributed by atoms with Gasteiger partial charge in [-0.15, -0.1) is 0 Å². The number of primary sulfonamides is 1. The molecule has 16 heavy (non-hydrogen) atoms. The molecule has 0 aromatic rings. The van der Waals surface area contributed by atoms with Gasteiger partial charge in [-0.25, -0.2) is 18.4 Å². The van der Waals surface area contributed by atoms with Gasteiger partial charge in [-0.1, -0.05) is 0 Å². The molecule has 0 aromatic heterocycles. The van der Waals surface area contributed by atoms with Gasteiger partial charge in [0.2, 0.25) is 10.0 Å². The van der Waals surface area contributed by atoms with Crippen LogP contribution in [0.1, 0.15) is 13.3 Å². The molecule has 0 heterocycles. The van der Waals surface area contributed by atoms with Crippen molar-refractivity contribution in [3.8, 4) is 0 Å². The Morgan fingerprint density at radius 2 is 2.00 bits per heavy atom. The van der Waals surface area contributed by atoms with Crippen LogP contribution in [0.4, 0.5) is 4.79 Å². The number of nitrogens with one attached hydrogen (secondary N) is 2. The third kappa shape index (κ3) is 8.00. The quantitative estimate of drug-likeness (QED) is 0.424. The Morgan fingerprint density at radius 1 is 1.44 bits per heavy atom. The fourth-order valence-corrected chi connectivity index (χ4v) is 1.33. The van der Waals surface area contributed by atoms with Crippen molar-refractivity contribution in [1.29, 1.82) is 0 Å². The summed E-state index contributed by atoms with van der Waals surface area (Å²) in [5, 5.41) is 17.7. The predicted molar refractivity (Wildman–Crippen MR) is 56.2 cm³/mol. The summed E-state index contributed by atoms with van der Waals surface area (Å²) < 4.78 is 21.0. The summed E-state index contributed by atoms with van der Waals surface area (Å²) in [5.74, 6) is -1.39. The zero-order valence-corrected chi connectivity index (χ0v) is 9.58. The van der Waals surface area contributed by atoms with Crippen LogP contribution in [0.5, 0.6) is 0 Å². The topological polar surface area (TPSA) is 139 Å². The normalized spacial score (nSPS) is 12.9. The van der Waals surface area contributed by atoms with Crippen LogP contribution >= 0.6 is 0 Å². The van der Waals surface area contributed by atoms with E-state index in [0.29, 0.717) is 0 Å². The molecule has 8 nitrogen and oxygen atoms in total. The summed E-state index contributed by atoms with van der Waals surface area (Å²) in [4.78, 5) is 21.4. The first-order chi connectivity index (χ1) is 7.22. The number of hydrogen-bond donors (Lipinski definition) is 4. The second-order valence-electron chi connectivity index (χ2n) is 3.18. The van der Waals surface area contributed by atoms with Gasteiger partial charge in [0.15, 0.2) is 0 Å². The van der Waals surface area contributed by atoms with Gasteiger partial charge in [-0.05, 0) is 13.3 Å². The Balaban J connectivity index is 3.71. The zero-order valence-electron chi connectivity index (χ0n) is 8.76. The molecule has 94 valence electrons. The van der Waals surface area contributed by atoms with E-state index in [1.54, 1.807) is 0 Å². The molecule has 2 amide bonds. The highest BCUT2D eigenvalue weighted by Gasteiger charge is 2.13. The van der Waals surface area contributed by atoms with E-state index in [-0.39, 0.29) is 18.7 Å². The van der Waals surface area contributed by atoms with E-state index in [0.717, 1.165) is 0 Å². The molecular formula is C7H15N3O5S. The van der Waals surface area contributed by atoms with Gasteiger partial charge < -0.3 is 15.7 Å². The Hall–Kier alpha value is -1.35. The highest BCUT2D eigenvalue weighted by Crippen LogP contribution is 1.84. The Labute approximate surface area is 93.2 Å². The van der Waals surface area contributed by atoms with Crippen LogP contribution in [-0.2, 0) is 14.8 Å². The fraction of sp³-hybridized carbons (Fsp3) is 0.714. The lowest BCUT2D eigenvalue weighted by Crippen LogP contribution is -2.44. The van der Waals surface area contributed by atoms with E-state index in [9.17, 15) is 18.0 Å². The number of amides is 2. The van der Waals surface area contributed by atoms with Crippen molar-refractivity contribution < 1.29 is 23.1 Å². The van der Waals surface area contributed by atoms with Crippen molar-refractivity contribution in [2.75, 3.05) is 12.3 Å². The van der Waals surface area contributed by atoms with E-state index in [1.165, 1.54) is 6.92 Å². The smallest absolute Gasteiger partial charge is 0.325 e. The van der Waals surface area contributed by atoms with Gasteiger partial charge in [0.1, 0.15) is 6.04 Å². The van der Waals surface area contributed by atoms with Crippen LogP contribution in [0.2, 0.25) is 0 Å². The van der Waals surface area contributed by atoms with E-state index in [1.807, 2.05) is 0 Å². The average Bonchev–Trinajstić information content (AvgIpc) is 2.10. The molecule has 1 unspecified atom stereocenters. The molecule has 0 aromatic carbocycles. The molecule has 0 bridgehead atoms. The number of sulfonamides is 1. The maximum Gasteiger partial charge on any atom is 0.325 e. The number of aliphatic carboxylic acids is 1. The first kappa shape index (κ1) is 14.6. The molecule has 0 fully saturated rings. The third-order valence-corrected chi connectivity index (χ3v) is 2.47. The minimum absolute atomic E-state index is 0.106. The standard InChI is InChI=1S/C7H15N3O5S/c1-5(6(11)12)10-7(13)9-3-2-4-16(8,14)15/h5H,2-4H2,1H3,(H,11,12)(H2,8,14,15)(H2,9,10,13). The van der Waals surface area contributed by atoms with Crippen LogP contribution in [0, 0.1) is 0 Å². The Morgan fingerprint density at radius 3 is 2.44 bits per heavy atom. The van der Waals surface area contributed by atoms with Gasteiger partial charge in [0.05, 0.1) is 5.75 Å². The molecule has 0 aliphatic rings. The second kappa shape index (κ2) is 6.28. The zero-order chi connectivity index (χ0) is 12.8. The molecule has 0 saturated heterocycles. The van der Waals surface area contributed by atoms with E-state index >= 15 is 0 Å². The molecule has 5 N–H and O–H groups in total. The van der Waals surface area contributed by atoms with Crippen LogP contribution in [0.3, 0.4) is 0 Å². The summed E-state index contributed by atoms with van der Waals surface area (Å²) in [6.45, 7) is 1.42. The predicted octanol–water partition coefficient (Wildman–Crippen LogP) is -1.56. The molecule has 9 heteroatoms. The van der Waals surface area contributed by atoms with E-state index < -0.39 is 28.1 Å². The van der Waals surface area contributed by atoms with Crippen LogP contribution in [-0.4, -0.2) is 43.9 Å². The van der Waals surface area contributed by atoms with Crippen molar-refractivity contribution >= 4 is 22.0 Å². The van der Waals surface area contributed by atoms with Crippen molar-refractivity contribution in [2.45, 2.75) is 19.4 Å². The number of urea groups is 1. The summed E-state index contributed by atoms with van der Waals surface area (Å²) in [6.07, 6.45) is 0.174. The largest absolute Gasteiger partial charge is 0.480 e. The van der Waals surface area contributed by atoms with Crippen LogP contribution < -0.4 is 15.8 Å². The molecular weight excluding hydrogens is 238 g/mol. The number of hydrogen-bond acceptors (Lipinski definition) is 4. The molecule has 0 aliphatic carbocycles. The maximum absolute atomic E-state index is 11.0. The molecule has 0 saturated carbocycles. The monoisotopic (exact) mass is 253 g/mol. The van der Waals surface area contributed by atoms with E-state index in [4.69, 9.17) is 10.2 Å². The van der Waals surface area contributed by atoms with Crippen LogP contribution in [0.25, 0.3) is 0 Å². The molecule has 0 rings (SSSR count). The number of carbonyl (C=O) groups is 2. The number of carbonyl (C=O) groups excluding carboxylic acids is 1. The minimum atomic E-state index is -3.52.